The Bertz CT molecular complexity index is 643. The molecule has 0 spiro atoms. The highest BCUT2D eigenvalue weighted by Gasteiger charge is 2.19. The van der Waals surface area contributed by atoms with Crippen LogP contribution in [0.1, 0.15) is 30.0 Å². The lowest BCUT2D eigenvalue weighted by atomic mass is 9.77. The van der Waals surface area contributed by atoms with E-state index < -0.39 is 7.12 Å². The maximum atomic E-state index is 11.2. The van der Waals surface area contributed by atoms with Crippen LogP contribution in [-0.4, -0.2) is 38.2 Å². The van der Waals surface area contributed by atoms with Gasteiger partial charge in [-0.05, 0) is 17.4 Å². The zero-order chi connectivity index (χ0) is 16.1. The predicted octanol–water partition coefficient (Wildman–Crippen LogP) is 0.00540. The molecule has 2 aromatic rings. The Morgan fingerprint density at radius 2 is 2.18 bits per heavy atom. The van der Waals surface area contributed by atoms with Crippen LogP contribution in [0.15, 0.2) is 24.5 Å². The van der Waals surface area contributed by atoms with Crippen molar-refractivity contribution in [2.24, 2.45) is 5.92 Å². The highest BCUT2D eigenvalue weighted by Crippen LogP contribution is 2.16. The third-order valence-corrected chi connectivity index (χ3v) is 3.09. The Hall–Kier alpha value is -2.19. The number of nitrogens with zero attached hydrogens (tertiary/aromatic N) is 3. The maximum Gasteiger partial charge on any atom is 0.489 e. The summed E-state index contributed by atoms with van der Waals surface area (Å²) in [6, 6.07) is 4.65. The van der Waals surface area contributed by atoms with Crippen molar-refractivity contribution in [3.8, 4) is 5.75 Å². The molecule has 0 bridgehead atoms. The van der Waals surface area contributed by atoms with Gasteiger partial charge in [-0.1, -0.05) is 26.0 Å². The Labute approximate surface area is 128 Å². The van der Waals surface area contributed by atoms with Gasteiger partial charge in [0.05, 0.1) is 5.56 Å². The predicted molar refractivity (Wildman–Crippen MR) is 80.8 cm³/mol. The molecule has 2 rings (SSSR count). The van der Waals surface area contributed by atoms with Crippen LogP contribution in [0.5, 0.6) is 5.75 Å². The molecule has 1 aromatic carbocycles. The van der Waals surface area contributed by atoms with E-state index >= 15 is 0 Å². The lowest BCUT2D eigenvalue weighted by molar-refractivity contribution is 0.111. The van der Waals surface area contributed by atoms with Gasteiger partial charge in [0.1, 0.15) is 18.7 Å². The minimum atomic E-state index is -1.73. The molecule has 0 saturated heterocycles. The van der Waals surface area contributed by atoms with Gasteiger partial charge in [-0.3, -0.25) is 4.79 Å². The van der Waals surface area contributed by atoms with Crippen LogP contribution in [0.3, 0.4) is 0 Å². The van der Waals surface area contributed by atoms with E-state index in [1.165, 1.54) is 12.4 Å². The maximum absolute atomic E-state index is 11.2. The van der Waals surface area contributed by atoms with Gasteiger partial charge in [0, 0.05) is 6.54 Å². The fourth-order valence-corrected chi connectivity index (χ4v) is 2.08. The van der Waals surface area contributed by atoms with E-state index in [9.17, 15) is 14.8 Å². The molecule has 22 heavy (non-hydrogen) atoms. The standard InChI is InChI=1S/C14H18BN3O4/c1-10(2)6-18-14(16-9-17-18)8-22-13-5-3-4-12(15(20)21)11(13)7-19/h3-5,7,9-10,20-21H,6,8H2,1-2H3. The van der Waals surface area contributed by atoms with Crippen molar-refractivity contribution in [2.45, 2.75) is 27.0 Å². The van der Waals surface area contributed by atoms with Crippen molar-refractivity contribution in [2.75, 3.05) is 0 Å². The summed E-state index contributed by atoms with van der Waals surface area (Å²) < 4.78 is 7.35. The first-order valence-electron chi connectivity index (χ1n) is 6.96. The molecule has 0 fully saturated rings. The number of hydrogen-bond acceptors (Lipinski definition) is 6. The van der Waals surface area contributed by atoms with E-state index in [0.29, 0.717) is 24.6 Å². The van der Waals surface area contributed by atoms with Crippen LogP contribution >= 0.6 is 0 Å². The molecule has 8 heteroatoms. The summed E-state index contributed by atoms with van der Waals surface area (Å²) >= 11 is 0. The molecule has 1 heterocycles. The average Bonchev–Trinajstić information content (AvgIpc) is 2.90. The van der Waals surface area contributed by atoms with E-state index in [-0.39, 0.29) is 23.4 Å². The van der Waals surface area contributed by atoms with Gasteiger partial charge in [-0.2, -0.15) is 5.10 Å². The fourth-order valence-electron chi connectivity index (χ4n) is 2.08. The normalized spacial score (nSPS) is 10.8. The van der Waals surface area contributed by atoms with Crippen molar-refractivity contribution >= 4 is 18.9 Å². The molecule has 7 nitrogen and oxygen atoms in total. The average molecular weight is 303 g/mol. The summed E-state index contributed by atoms with van der Waals surface area (Å²) in [4.78, 5) is 15.3. The molecule has 116 valence electrons. The highest BCUT2D eigenvalue weighted by molar-refractivity contribution is 6.60. The van der Waals surface area contributed by atoms with E-state index in [4.69, 9.17) is 4.74 Å². The molecular formula is C14H18BN3O4. The van der Waals surface area contributed by atoms with Crippen molar-refractivity contribution in [3.05, 3.63) is 35.9 Å². The number of hydrogen-bond donors (Lipinski definition) is 2. The number of aromatic nitrogens is 3. The van der Waals surface area contributed by atoms with Gasteiger partial charge in [0.2, 0.25) is 0 Å². The Kier molecular flexibility index (Phi) is 5.29. The smallest absolute Gasteiger partial charge is 0.485 e. The molecule has 0 aliphatic carbocycles. The molecule has 0 radical (unpaired) electrons. The summed E-state index contributed by atoms with van der Waals surface area (Å²) in [6.07, 6.45) is 2.00. The minimum Gasteiger partial charge on any atom is -0.485 e. The lowest BCUT2D eigenvalue weighted by Crippen LogP contribution is -2.33. The molecule has 0 atom stereocenters. The largest absolute Gasteiger partial charge is 0.489 e. The Morgan fingerprint density at radius 1 is 1.41 bits per heavy atom. The number of aldehydes is 1. The second-order valence-electron chi connectivity index (χ2n) is 5.29. The molecule has 0 aliphatic heterocycles. The molecule has 1 aromatic heterocycles. The molecule has 0 amide bonds. The number of carbonyl (C=O) groups is 1. The summed E-state index contributed by atoms with van der Waals surface area (Å²) in [5, 5.41) is 22.7. The third-order valence-electron chi connectivity index (χ3n) is 3.09. The first kappa shape index (κ1) is 16.2. The van der Waals surface area contributed by atoms with Crippen LogP contribution in [0.4, 0.5) is 0 Å². The first-order valence-corrected chi connectivity index (χ1v) is 6.96. The van der Waals surface area contributed by atoms with E-state index in [1.807, 2.05) is 0 Å². The molecular weight excluding hydrogens is 285 g/mol. The molecule has 0 saturated carbocycles. The van der Waals surface area contributed by atoms with Crippen LogP contribution in [0.2, 0.25) is 0 Å². The van der Waals surface area contributed by atoms with E-state index in [2.05, 4.69) is 23.9 Å². The number of ether oxygens (including phenoxy) is 1. The lowest BCUT2D eigenvalue weighted by Gasteiger charge is -2.12. The van der Waals surface area contributed by atoms with Crippen LogP contribution in [0.25, 0.3) is 0 Å². The fraction of sp³-hybridized carbons (Fsp3) is 0.357. The van der Waals surface area contributed by atoms with E-state index in [1.54, 1.807) is 16.8 Å². The number of carbonyl (C=O) groups excluding carboxylic acids is 1. The second kappa shape index (κ2) is 7.19. The minimum absolute atomic E-state index is 0.108. The summed E-state index contributed by atoms with van der Waals surface area (Å²) in [6.45, 7) is 5.00. The SMILES string of the molecule is CC(C)Cn1ncnc1COc1cccc(B(O)O)c1C=O. The van der Waals surface area contributed by atoms with Crippen molar-refractivity contribution in [3.63, 3.8) is 0 Å². The molecule has 0 aliphatic rings. The van der Waals surface area contributed by atoms with Gasteiger partial charge < -0.3 is 14.8 Å². The first-order chi connectivity index (χ1) is 10.5. The summed E-state index contributed by atoms with van der Waals surface area (Å²) in [5.41, 5.74) is 0.226. The van der Waals surface area contributed by atoms with Crippen LogP contribution in [0, 0.1) is 5.92 Å². The number of benzene rings is 1. The van der Waals surface area contributed by atoms with Gasteiger partial charge >= 0.3 is 7.12 Å². The highest BCUT2D eigenvalue weighted by atomic mass is 16.5. The zero-order valence-corrected chi connectivity index (χ0v) is 12.5. The summed E-state index contributed by atoms with van der Waals surface area (Å²) in [7, 11) is -1.73. The zero-order valence-electron chi connectivity index (χ0n) is 12.5. The second-order valence-corrected chi connectivity index (χ2v) is 5.29. The monoisotopic (exact) mass is 303 g/mol. The summed E-state index contributed by atoms with van der Waals surface area (Å²) in [5.74, 6) is 1.33. The van der Waals surface area contributed by atoms with Gasteiger partial charge in [-0.15, -0.1) is 0 Å². The molecule has 2 N–H and O–H groups in total. The van der Waals surface area contributed by atoms with Crippen molar-refractivity contribution in [1.29, 1.82) is 0 Å². The van der Waals surface area contributed by atoms with Crippen molar-refractivity contribution < 1.29 is 19.6 Å². The topological polar surface area (TPSA) is 97.5 Å². The quantitative estimate of drug-likeness (QED) is 0.552. The number of rotatable bonds is 7. The van der Waals surface area contributed by atoms with Crippen molar-refractivity contribution in [1.82, 2.24) is 14.8 Å². The van der Waals surface area contributed by atoms with E-state index in [0.717, 1.165) is 0 Å². The van der Waals surface area contributed by atoms with Gasteiger partial charge in [-0.25, -0.2) is 9.67 Å². The Morgan fingerprint density at radius 3 is 2.82 bits per heavy atom. The third kappa shape index (κ3) is 3.72. The van der Waals surface area contributed by atoms with Gasteiger partial charge in [0.15, 0.2) is 12.1 Å². The Balaban J connectivity index is 2.17. The van der Waals surface area contributed by atoms with Gasteiger partial charge in [0.25, 0.3) is 0 Å². The molecule has 0 unspecified atom stereocenters. The van der Waals surface area contributed by atoms with Crippen LogP contribution in [-0.2, 0) is 13.2 Å². The van der Waals surface area contributed by atoms with Crippen LogP contribution < -0.4 is 10.2 Å².